The Hall–Kier alpha value is -1.13. The zero-order chi connectivity index (χ0) is 11.5. The molecule has 2 heterocycles. The molecule has 4 heteroatoms. The molecule has 0 fully saturated rings. The molecule has 0 aliphatic heterocycles. The number of aromatic nitrogens is 2. The van der Waals surface area contributed by atoms with Crippen LogP contribution in [0.15, 0.2) is 17.5 Å². The van der Waals surface area contributed by atoms with Crippen molar-refractivity contribution < 1.29 is 0 Å². The zero-order valence-electron chi connectivity index (χ0n) is 9.87. The van der Waals surface area contributed by atoms with Crippen molar-refractivity contribution in [2.75, 3.05) is 7.05 Å². The van der Waals surface area contributed by atoms with Crippen LogP contribution in [0.4, 0.5) is 0 Å². The first-order valence-electron chi connectivity index (χ1n) is 5.49. The fourth-order valence-corrected chi connectivity index (χ4v) is 2.57. The van der Waals surface area contributed by atoms with Crippen LogP contribution in [0, 0.1) is 0 Å². The van der Waals surface area contributed by atoms with Crippen molar-refractivity contribution >= 4 is 11.3 Å². The van der Waals surface area contributed by atoms with E-state index in [-0.39, 0.29) is 0 Å². The average Bonchev–Trinajstić information content (AvgIpc) is 2.84. The molecular formula is C12H17N3S. The maximum atomic E-state index is 4.44. The Balaban J connectivity index is 2.46. The minimum absolute atomic E-state index is 0.476. The summed E-state index contributed by atoms with van der Waals surface area (Å²) in [7, 11) is 1.97. The summed E-state index contributed by atoms with van der Waals surface area (Å²) in [5.41, 5.74) is 3.62. The normalized spacial score (nSPS) is 11.2. The molecule has 86 valence electrons. The van der Waals surface area contributed by atoms with Crippen LogP contribution in [0.2, 0.25) is 0 Å². The first kappa shape index (κ1) is 11.4. The molecular weight excluding hydrogens is 218 g/mol. The number of nitrogens with zero attached hydrogens (tertiary/aromatic N) is 1. The second-order valence-corrected chi connectivity index (χ2v) is 5.07. The monoisotopic (exact) mass is 235 g/mol. The highest BCUT2D eigenvalue weighted by molar-refractivity contribution is 7.13. The van der Waals surface area contributed by atoms with Crippen molar-refractivity contribution in [1.82, 2.24) is 15.5 Å². The number of thiophene rings is 1. The van der Waals surface area contributed by atoms with Gasteiger partial charge in [0, 0.05) is 17.8 Å². The van der Waals surface area contributed by atoms with Crippen molar-refractivity contribution in [3.05, 3.63) is 28.8 Å². The highest BCUT2D eigenvalue weighted by Crippen LogP contribution is 2.30. The summed E-state index contributed by atoms with van der Waals surface area (Å²) in [6, 6.07) is 4.18. The van der Waals surface area contributed by atoms with Gasteiger partial charge in [-0.2, -0.15) is 5.10 Å². The minimum Gasteiger partial charge on any atom is -0.316 e. The van der Waals surface area contributed by atoms with Gasteiger partial charge in [0.15, 0.2) is 0 Å². The average molecular weight is 235 g/mol. The first-order chi connectivity index (χ1) is 7.74. The van der Waals surface area contributed by atoms with E-state index in [0.717, 1.165) is 12.2 Å². The molecule has 0 saturated carbocycles. The maximum Gasteiger partial charge on any atom is 0.107 e. The van der Waals surface area contributed by atoms with Crippen molar-refractivity contribution in [1.29, 1.82) is 0 Å². The third-order valence-electron chi connectivity index (χ3n) is 2.58. The quantitative estimate of drug-likeness (QED) is 0.855. The molecule has 16 heavy (non-hydrogen) atoms. The zero-order valence-corrected chi connectivity index (χ0v) is 10.7. The second-order valence-electron chi connectivity index (χ2n) is 4.13. The molecule has 0 atom stereocenters. The predicted molar refractivity (Wildman–Crippen MR) is 68.8 cm³/mol. The van der Waals surface area contributed by atoms with Gasteiger partial charge in [0.1, 0.15) is 5.69 Å². The molecule has 0 aromatic carbocycles. The Kier molecular flexibility index (Phi) is 3.41. The molecule has 2 rings (SSSR count). The standard InChI is InChI=1S/C12H17N3S/c1-8(2)11-9(7-13-3)12(15-14-11)10-5-4-6-16-10/h4-6,8,13H,7H2,1-3H3,(H,14,15). The van der Waals surface area contributed by atoms with Gasteiger partial charge >= 0.3 is 0 Å². The lowest BCUT2D eigenvalue weighted by Crippen LogP contribution is -2.08. The van der Waals surface area contributed by atoms with E-state index < -0.39 is 0 Å². The SMILES string of the molecule is CNCc1c(-c2cccs2)n[nH]c1C(C)C. The Morgan fingerprint density at radius 2 is 2.31 bits per heavy atom. The Morgan fingerprint density at radius 1 is 1.50 bits per heavy atom. The van der Waals surface area contributed by atoms with Gasteiger partial charge in [-0.15, -0.1) is 11.3 Å². The highest BCUT2D eigenvalue weighted by Gasteiger charge is 2.16. The molecule has 2 aromatic rings. The van der Waals surface area contributed by atoms with Gasteiger partial charge < -0.3 is 5.32 Å². The van der Waals surface area contributed by atoms with Crippen LogP contribution in [0.1, 0.15) is 31.0 Å². The number of rotatable bonds is 4. The summed E-state index contributed by atoms with van der Waals surface area (Å²) in [6.07, 6.45) is 0. The van der Waals surface area contributed by atoms with Crippen molar-refractivity contribution in [3.8, 4) is 10.6 Å². The van der Waals surface area contributed by atoms with E-state index in [1.807, 2.05) is 7.05 Å². The molecule has 0 spiro atoms. The topological polar surface area (TPSA) is 40.7 Å². The lowest BCUT2D eigenvalue weighted by atomic mass is 10.0. The van der Waals surface area contributed by atoms with E-state index in [1.54, 1.807) is 11.3 Å². The Labute approximate surface area is 99.9 Å². The van der Waals surface area contributed by atoms with Crippen LogP contribution in [-0.4, -0.2) is 17.2 Å². The molecule has 2 N–H and O–H groups in total. The van der Waals surface area contributed by atoms with E-state index >= 15 is 0 Å². The number of H-pyrrole nitrogens is 1. The lowest BCUT2D eigenvalue weighted by Gasteiger charge is -2.06. The highest BCUT2D eigenvalue weighted by atomic mass is 32.1. The summed E-state index contributed by atoms with van der Waals surface area (Å²) in [5, 5.41) is 12.9. The van der Waals surface area contributed by atoms with Crippen LogP contribution in [0.5, 0.6) is 0 Å². The second kappa shape index (κ2) is 4.80. The van der Waals surface area contributed by atoms with Gasteiger partial charge in [-0.05, 0) is 24.4 Å². The summed E-state index contributed by atoms with van der Waals surface area (Å²) < 4.78 is 0. The number of nitrogens with one attached hydrogen (secondary N) is 2. The molecule has 3 nitrogen and oxygen atoms in total. The van der Waals surface area contributed by atoms with Gasteiger partial charge in [-0.25, -0.2) is 0 Å². The van der Waals surface area contributed by atoms with Gasteiger partial charge in [0.2, 0.25) is 0 Å². The largest absolute Gasteiger partial charge is 0.316 e. The minimum atomic E-state index is 0.476. The van der Waals surface area contributed by atoms with Crippen molar-refractivity contribution in [2.24, 2.45) is 0 Å². The van der Waals surface area contributed by atoms with Crippen LogP contribution in [-0.2, 0) is 6.54 Å². The smallest absolute Gasteiger partial charge is 0.107 e. The number of aromatic amines is 1. The van der Waals surface area contributed by atoms with Gasteiger partial charge in [0.25, 0.3) is 0 Å². The van der Waals surface area contributed by atoms with Gasteiger partial charge in [-0.1, -0.05) is 19.9 Å². The van der Waals surface area contributed by atoms with Gasteiger partial charge in [-0.3, -0.25) is 5.10 Å². The number of hydrogen-bond acceptors (Lipinski definition) is 3. The van der Waals surface area contributed by atoms with E-state index in [2.05, 4.69) is 46.9 Å². The summed E-state index contributed by atoms with van der Waals surface area (Å²) in [6.45, 7) is 5.23. The lowest BCUT2D eigenvalue weighted by molar-refractivity contribution is 0.760. The fourth-order valence-electron chi connectivity index (χ4n) is 1.83. The Bertz CT molecular complexity index is 443. The molecule has 0 unspecified atom stereocenters. The van der Waals surface area contributed by atoms with E-state index in [0.29, 0.717) is 5.92 Å². The van der Waals surface area contributed by atoms with Crippen molar-refractivity contribution in [2.45, 2.75) is 26.3 Å². The first-order valence-corrected chi connectivity index (χ1v) is 6.37. The molecule has 0 saturated heterocycles. The summed E-state index contributed by atoms with van der Waals surface area (Å²) >= 11 is 1.73. The van der Waals surface area contributed by atoms with Crippen LogP contribution in [0.3, 0.4) is 0 Å². The van der Waals surface area contributed by atoms with Crippen molar-refractivity contribution in [3.63, 3.8) is 0 Å². The van der Waals surface area contributed by atoms with Crippen LogP contribution >= 0.6 is 11.3 Å². The maximum absolute atomic E-state index is 4.44. The molecule has 0 radical (unpaired) electrons. The molecule has 0 aliphatic carbocycles. The van der Waals surface area contributed by atoms with E-state index in [4.69, 9.17) is 0 Å². The molecule has 2 aromatic heterocycles. The fraction of sp³-hybridized carbons (Fsp3) is 0.417. The summed E-state index contributed by atoms with van der Waals surface area (Å²) in [5.74, 6) is 0.476. The molecule has 0 bridgehead atoms. The van der Waals surface area contributed by atoms with E-state index in [1.165, 1.54) is 16.1 Å². The number of hydrogen-bond donors (Lipinski definition) is 2. The molecule has 0 aliphatic rings. The Morgan fingerprint density at radius 3 is 2.88 bits per heavy atom. The van der Waals surface area contributed by atoms with Gasteiger partial charge in [0.05, 0.1) is 4.88 Å². The van der Waals surface area contributed by atoms with Crippen LogP contribution < -0.4 is 5.32 Å². The van der Waals surface area contributed by atoms with E-state index in [9.17, 15) is 0 Å². The van der Waals surface area contributed by atoms with Crippen LogP contribution in [0.25, 0.3) is 10.6 Å². The predicted octanol–water partition coefficient (Wildman–Crippen LogP) is 2.98. The molecule has 0 amide bonds. The third kappa shape index (κ3) is 2.03. The summed E-state index contributed by atoms with van der Waals surface area (Å²) in [4.78, 5) is 1.23. The third-order valence-corrected chi connectivity index (χ3v) is 3.46.